The fraction of sp³-hybridized carbons (Fsp3) is 0.188. The van der Waals surface area contributed by atoms with E-state index in [-0.39, 0.29) is 0 Å². The number of rotatable bonds is 3. The average Bonchev–Trinajstić information content (AvgIpc) is 2.80. The van der Waals surface area contributed by atoms with Gasteiger partial charge in [0.25, 0.3) is 5.19 Å². The van der Waals surface area contributed by atoms with Crippen molar-refractivity contribution in [1.82, 2.24) is 4.98 Å². The van der Waals surface area contributed by atoms with E-state index in [1.54, 1.807) is 0 Å². The van der Waals surface area contributed by atoms with Crippen LogP contribution in [0.3, 0.4) is 0 Å². The number of fused-ring (bicyclic) bond motifs is 1. The van der Waals surface area contributed by atoms with E-state index in [1.807, 2.05) is 30.3 Å². The normalized spacial score (nSPS) is 11.2. The first-order valence-corrected chi connectivity index (χ1v) is 7.37. The van der Waals surface area contributed by atoms with Crippen molar-refractivity contribution < 1.29 is 4.74 Å². The molecule has 0 unspecified atom stereocenters. The van der Waals surface area contributed by atoms with Crippen LogP contribution in [0.5, 0.6) is 10.9 Å². The Morgan fingerprint density at radius 3 is 2.80 bits per heavy atom. The third kappa shape index (κ3) is 2.60. The summed E-state index contributed by atoms with van der Waals surface area (Å²) in [6, 6.07) is 13.8. The van der Waals surface area contributed by atoms with Crippen LogP contribution < -0.4 is 10.5 Å². The molecule has 0 saturated heterocycles. The summed E-state index contributed by atoms with van der Waals surface area (Å²) in [5, 5.41) is 0.645. The molecule has 1 heterocycles. The lowest BCUT2D eigenvalue weighted by Gasteiger charge is -2.07. The van der Waals surface area contributed by atoms with E-state index < -0.39 is 0 Å². The number of benzene rings is 2. The van der Waals surface area contributed by atoms with Crippen molar-refractivity contribution in [2.75, 3.05) is 5.73 Å². The lowest BCUT2D eigenvalue weighted by Crippen LogP contribution is -1.89. The van der Waals surface area contributed by atoms with Crippen LogP contribution in [-0.4, -0.2) is 4.98 Å². The summed E-state index contributed by atoms with van der Waals surface area (Å²) >= 11 is 1.51. The number of nitrogens with two attached hydrogens (primary N) is 1. The van der Waals surface area contributed by atoms with E-state index in [9.17, 15) is 0 Å². The van der Waals surface area contributed by atoms with Gasteiger partial charge >= 0.3 is 0 Å². The summed E-state index contributed by atoms with van der Waals surface area (Å²) in [4.78, 5) is 4.46. The van der Waals surface area contributed by atoms with Crippen molar-refractivity contribution in [1.29, 1.82) is 0 Å². The zero-order chi connectivity index (χ0) is 14.1. The van der Waals surface area contributed by atoms with Crippen molar-refractivity contribution in [2.45, 2.75) is 19.8 Å². The highest BCUT2D eigenvalue weighted by Gasteiger charge is 2.07. The Bertz CT molecular complexity index is 749. The van der Waals surface area contributed by atoms with Crippen LogP contribution in [0.15, 0.2) is 42.5 Å². The van der Waals surface area contributed by atoms with Gasteiger partial charge in [-0.2, -0.15) is 0 Å². The minimum atomic E-state index is 0.480. The van der Waals surface area contributed by atoms with E-state index in [1.165, 1.54) is 16.9 Å². The van der Waals surface area contributed by atoms with Gasteiger partial charge in [0.2, 0.25) is 0 Å². The smallest absolute Gasteiger partial charge is 0.279 e. The molecule has 0 amide bonds. The Morgan fingerprint density at radius 1 is 1.15 bits per heavy atom. The van der Waals surface area contributed by atoms with Crippen LogP contribution in [0.25, 0.3) is 10.2 Å². The Kier molecular flexibility index (Phi) is 3.32. The number of thiazole rings is 1. The zero-order valence-corrected chi connectivity index (χ0v) is 12.3. The zero-order valence-electron chi connectivity index (χ0n) is 11.5. The molecule has 0 aliphatic rings. The predicted octanol–water partition coefficient (Wildman–Crippen LogP) is 4.79. The number of hydrogen-bond acceptors (Lipinski definition) is 4. The van der Waals surface area contributed by atoms with Crippen LogP contribution in [0.2, 0.25) is 0 Å². The highest BCUT2D eigenvalue weighted by Crippen LogP contribution is 2.33. The van der Waals surface area contributed by atoms with Gasteiger partial charge in [-0.15, -0.1) is 0 Å². The molecule has 0 atom stereocenters. The molecule has 2 N–H and O–H groups in total. The van der Waals surface area contributed by atoms with E-state index in [4.69, 9.17) is 10.5 Å². The van der Waals surface area contributed by atoms with Gasteiger partial charge < -0.3 is 10.5 Å². The molecule has 4 heteroatoms. The van der Waals surface area contributed by atoms with Crippen LogP contribution in [0.4, 0.5) is 5.69 Å². The highest BCUT2D eigenvalue weighted by molar-refractivity contribution is 7.20. The van der Waals surface area contributed by atoms with E-state index in [2.05, 4.69) is 31.0 Å². The minimum absolute atomic E-state index is 0.480. The monoisotopic (exact) mass is 284 g/mol. The molecule has 0 bridgehead atoms. The molecule has 0 aliphatic carbocycles. The van der Waals surface area contributed by atoms with Crippen molar-refractivity contribution in [3.05, 3.63) is 48.0 Å². The second-order valence-corrected chi connectivity index (χ2v) is 6.03. The van der Waals surface area contributed by atoms with Crippen LogP contribution >= 0.6 is 11.3 Å². The van der Waals surface area contributed by atoms with Crippen molar-refractivity contribution in [3.63, 3.8) is 0 Å². The molecule has 0 spiro atoms. The third-order valence-corrected chi connectivity index (χ3v) is 4.02. The number of aromatic nitrogens is 1. The molecule has 0 aliphatic heterocycles. The van der Waals surface area contributed by atoms with Crippen molar-refractivity contribution >= 4 is 27.2 Å². The Hall–Kier alpha value is -2.07. The number of nitrogens with zero attached hydrogens (tertiary/aromatic N) is 1. The molecular weight excluding hydrogens is 268 g/mol. The number of hydrogen-bond donors (Lipinski definition) is 1. The van der Waals surface area contributed by atoms with E-state index >= 15 is 0 Å². The number of nitrogen functional groups attached to an aromatic ring is 1. The van der Waals surface area contributed by atoms with E-state index in [0.717, 1.165) is 21.7 Å². The first-order valence-electron chi connectivity index (χ1n) is 6.56. The van der Waals surface area contributed by atoms with Gasteiger partial charge in [0, 0.05) is 5.69 Å². The third-order valence-electron chi connectivity index (χ3n) is 3.12. The molecule has 102 valence electrons. The second-order valence-electron chi connectivity index (χ2n) is 5.04. The molecule has 0 radical (unpaired) electrons. The summed E-state index contributed by atoms with van der Waals surface area (Å²) in [6.45, 7) is 4.33. The fourth-order valence-corrected chi connectivity index (χ4v) is 2.88. The Balaban J connectivity index is 1.90. The largest absolute Gasteiger partial charge is 0.431 e. The molecular formula is C16H16N2OS. The molecule has 3 aromatic rings. The quantitative estimate of drug-likeness (QED) is 0.703. The highest BCUT2D eigenvalue weighted by atomic mass is 32.1. The molecule has 3 rings (SSSR count). The van der Waals surface area contributed by atoms with Crippen LogP contribution in [0.1, 0.15) is 25.3 Å². The fourth-order valence-electron chi connectivity index (χ4n) is 2.00. The lowest BCUT2D eigenvalue weighted by atomic mass is 10.0. The first kappa shape index (κ1) is 12.9. The number of ether oxygens (including phenoxy) is 1. The first-order chi connectivity index (χ1) is 9.61. The standard InChI is InChI=1S/C16H16N2OS/c1-10(2)11-4-3-5-13(8-11)19-16-18-14-7-6-12(17)9-15(14)20-16/h3-10H,17H2,1-2H3. The van der Waals surface area contributed by atoms with Gasteiger partial charge in [0.05, 0.1) is 10.2 Å². The summed E-state index contributed by atoms with van der Waals surface area (Å²) in [6.07, 6.45) is 0. The molecule has 3 nitrogen and oxygen atoms in total. The molecule has 0 fully saturated rings. The summed E-state index contributed by atoms with van der Waals surface area (Å²) in [5.41, 5.74) is 8.70. The lowest BCUT2D eigenvalue weighted by molar-refractivity contribution is 0.479. The second kappa shape index (κ2) is 5.13. The maximum atomic E-state index is 5.86. The predicted molar refractivity (Wildman–Crippen MR) is 84.6 cm³/mol. The molecule has 0 saturated carbocycles. The molecule has 20 heavy (non-hydrogen) atoms. The van der Waals surface area contributed by atoms with Gasteiger partial charge in [-0.1, -0.05) is 37.3 Å². The Labute approximate surface area is 122 Å². The van der Waals surface area contributed by atoms with Gasteiger partial charge in [0.1, 0.15) is 5.75 Å². The molecule has 1 aromatic heterocycles. The number of anilines is 1. The summed E-state index contributed by atoms with van der Waals surface area (Å²) < 4.78 is 6.90. The van der Waals surface area contributed by atoms with Crippen LogP contribution in [0, 0.1) is 0 Å². The maximum Gasteiger partial charge on any atom is 0.279 e. The Morgan fingerprint density at radius 2 is 2.00 bits per heavy atom. The topological polar surface area (TPSA) is 48.1 Å². The summed E-state index contributed by atoms with van der Waals surface area (Å²) in [5.74, 6) is 1.30. The minimum Gasteiger partial charge on any atom is -0.431 e. The maximum absolute atomic E-state index is 5.86. The molecule has 2 aromatic carbocycles. The van der Waals surface area contributed by atoms with Crippen molar-refractivity contribution in [2.24, 2.45) is 0 Å². The SMILES string of the molecule is CC(C)c1cccc(Oc2nc3ccc(N)cc3s2)c1. The van der Waals surface area contributed by atoms with Gasteiger partial charge in [-0.3, -0.25) is 0 Å². The van der Waals surface area contributed by atoms with Gasteiger partial charge in [-0.25, -0.2) is 4.98 Å². The van der Waals surface area contributed by atoms with E-state index in [0.29, 0.717) is 11.1 Å². The summed E-state index contributed by atoms with van der Waals surface area (Å²) in [7, 11) is 0. The van der Waals surface area contributed by atoms with Gasteiger partial charge in [-0.05, 0) is 41.8 Å². The van der Waals surface area contributed by atoms with Crippen molar-refractivity contribution in [3.8, 4) is 10.9 Å². The van der Waals surface area contributed by atoms with Crippen LogP contribution in [-0.2, 0) is 0 Å². The van der Waals surface area contributed by atoms with Gasteiger partial charge in [0.15, 0.2) is 0 Å². The average molecular weight is 284 g/mol.